The molecule has 0 fully saturated rings. The molecular weight excluding hydrogens is 666 g/mol. The fraction of sp³-hybridized carbons (Fsp3) is 0.229. The van der Waals surface area contributed by atoms with Gasteiger partial charge in [0, 0.05) is 42.6 Å². The minimum absolute atomic E-state index is 0.0449. The first-order valence-electron chi connectivity index (χ1n) is 15.1. The number of ketones is 1. The number of halogens is 6. The van der Waals surface area contributed by atoms with E-state index in [0.29, 0.717) is 34.8 Å². The summed E-state index contributed by atoms with van der Waals surface area (Å²) in [5, 5.41) is 10.5. The van der Waals surface area contributed by atoms with Crippen molar-refractivity contribution in [2.45, 2.75) is 39.5 Å². The molecule has 6 rings (SSSR count). The quantitative estimate of drug-likeness (QED) is 0.133. The smallest absolute Gasteiger partial charge is 0.419 e. The van der Waals surface area contributed by atoms with E-state index >= 15 is 0 Å². The van der Waals surface area contributed by atoms with E-state index in [4.69, 9.17) is 4.42 Å². The number of aromatic nitrogens is 5. The van der Waals surface area contributed by atoms with E-state index in [0.717, 1.165) is 21.8 Å². The molecule has 0 bridgehead atoms. The maximum absolute atomic E-state index is 13.6. The third-order valence-corrected chi connectivity index (χ3v) is 7.73. The lowest BCUT2D eigenvalue weighted by Crippen LogP contribution is -2.18. The predicted octanol–water partition coefficient (Wildman–Crippen LogP) is 8.55. The molecule has 0 spiro atoms. The van der Waals surface area contributed by atoms with E-state index in [1.807, 2.05) is 20.8 Å². The van der Waals surface area contributed by atoms with Crippen LogP contribution in [0.5, 0.6) is 0 Å². The Labute approximate surface area is 280 Å². The van der Waals surface area contributed by atoms with Gasteiger partial charge in [-0.2, -0.15) is 41.5 Å². The summed E-state index contributed by atoms with van der Waals surface area (Å²) in [6.45, 7) is 5.77. The Morgan fingerprint density at radius 2 is 1.44 bits per heavy atom. The largest absolute Gasteiger partial charge is 0.437 e. The van der Waals surface area contributed by atoms with Crippen molar-refractivity contribution in [3.63, 3.8) is 0 Å². The molecule has 1 amide bonds. The monoisotopic (exact) mass is 694 g/mol. The van der Waals surface area contributed by atoms with Gasteiger partial charge < -0.3 is 9.73 Å². The molecule has 0 saturated carbocycles. The highest BCUT2D eigenvalue weighted by molar-refractivity contribution is 6.11. The Morgan fingerprint density at radius 3 is 2.02 bits per heavy atom. The second-order valence-corrected chi connectivity index (χ2v) is 12.7. The SMILES string of the molecule is CNC(=O)c1c(-c2ccc(-n3cc(C(F)(F)F)cn3)cc2)oc2nc(-n3cc(C(F)(F)F)cn3)c(-c3cccc(C(=O)CC(C)(C)C)c3)cc12. The highest BCUT2D eigenvalue weighted by atomic mass is 19.4. The highest BCUT2D eigenvalue weighted by Gasteiger charge is 2.34. The number of hydrogen-bond donors (Lipinski definition) is 1. The van der Waals surface area contributed by atoms with Crippen LogP contribution in [0.25, 0.3) is 45.1 Å². The minimum Gasteiger partial charge on any atom is -0.437 e. The molecule has 50 heavy (non-hydrogen) atoms. The maximum Gasteiger partial charge on any atom is 0.419 e. The number of benzene rings is 2. The molecule has 0 radical (unpaired) electrons. The molecule has 4 aromatic heterocycles. The number of carbonyl (C=O) groups is 2. The average molecular weight is 695 g/mol. The number of nitrogens with zero attached hydrogens (tertiary/aromatic N) is 5. The lowest BCUT2D eigenvalue weighted by Gasteiger charge is -2.17. The minimum atomic E-state index is -4.69. The zero-order valence-corrected chi connectivity index (χ0v) is 26.9. The van der Waals surface area contributed by atoms with E-state index in [-0.39, 0.29) is 51.4 Å². The van der Waals surface area contributed by atoms with Crippen LogP contribution in [-0.4, -0.2) is 43.3 Å². The van der Waals surface area contributed by atoms with Gasteiger partial charge in [0.05, 0.1) is 40.2 Å². The highest BCUT2D eigenvalue weighted by Crippen LogP contribution is 2.39. The van der Waals surface area contributed by atoms with E-state index in [9.17, 15) is 35.9 Å². The molecule has 1 N–H and O–H groups in total. The van der Waals surface area contributed by atoms with Crippen molar-refractivity contribution in [1.82, 2.24) is 29.9 Å². The van der Waals surface area contributed by atoms with Gasteiger partial charge in [0.2, 0.25) is 5.71 Å². The van der Waals surface area contributed by atoms with Gasteiger partial charge in [-0.3, -0.25) is 9.59 Å². The van der Waals surface area contributed by atoms with Crippen molar-refractivity contribution in [2.24, 2.45) is 5.41 Å². The summed E-state index contributed by atoms with van der Waals surface area (Å²) in [4.78, 5) is 31.0. The standard InChI is InChI=1S/C35H28F6N6O3/c1-33(2,3)14-27(48)21-7-5-6-20(12-21)25-13-26-28(31(49)42-4)29(50-32(26)45-30(25)47-18-23(16-44-47)35(39,40)41)19-8-10-24(11-9-19)46-17-22(15-43-46)34(36,37)38/h5-13,15-18H,14H2,1-4H3,(H,42,49). The fourth-order valence-electron chi connectivity index (χ4n) is 5.36. The predicted molar refractivity (Wildman–Crippen MR) is 171 cm³/mol. The van der Waals surface area contributed by atoms with E-state index < -0.39 is 29.4 Å². The summed E-state index contributed by atoms with van der Waals surface area (Å²) >= 11 is 0. The molecule has 4 heterocycles. The van der Waals surface area contributed by atoms with Gasteiger partial charge in [0.15, 0.2) is 11.6 Å². The van der Waals surface area contributed by atoms with Crippen molar-refractivity contribution in [3.8, 4) is 34.0 Å². The number of Topliss-reactive ketones (excluding diaryl/α,β-unsaturated/α-hetero) is 1. The van der Waals surface area contributed by atoms with Gasteiger partial charge in [-0.05, 0) is 47.4 Å². The zero-order chi connectivity index (χ0) is 36.2. The van der Waals surface area contributed by atoms with Gasteiger partial charge in [0.1, 0.15) is 5.76 Å². The van der Waals surface area contributed by atoms with Crippen LogP contribution >= 0.6 is 0 Å². The van der Waals surface area contributed by atoms with E-state index in [1.165, 1.54) is 37.4 Å². The number of fused-ring (bicyclic) bond motifs is 1. The van der Waals surface area contributed by atoms with Crippen molar-refractivity contribution in [2.75, 3.05) is 7.05 Å². The van der Waals surface area contributed by atoms with Gasteiger partial charge in [-0.1, -0.05) is 39.0 Å². The summed E-state index contributed by atoms with van der Waals surface area (Å²) in [5.74, 6) is -0.730. The number of pyridine rings is 1. The number of furan rings is 1. The van der Waals surface area contributed by atoms with Gasteiger partial charge in [0.25, 0.3) is 5.91 Å². The normalized spacial score (nSPS) is 12.4. The number of rotatable bonds is 7. The van der Waals surface area contributed by atoms with Crippen LogP contribution in [0, 0.1) is 5.41 Å². The van der Waals surface area contributed by atoms with Crippen LogP contribution in [0.3, 0.4) is 0 Å². The first kappa shape index (κ1) is 34.1. The zero-order valence-electron chi connectivity index (χ0n) is 26.9. The number of hydrogen-bond acceptors (Lipinski definition) is 6. The Morgan fingerprint density at radius 1 is 0.820 bits per heavy atom. The molecule has 6 aromatic rings. The van der Waals surface area contributed by atoms with Gasteiger partial charge in [-0.15, -0.1) is 0 Å². The Balaban J connectivity index is 1.53. The van der Waals surface area contributed by atoms with Crippen LogP contribution < -0.4 is 5.32 Å². The lowest BCUT2D eigenvalue weighted by molar-refractivity contribution is -0.138. The van der Waals surface area contributed by atoms with Crippen LogP contribution in [-0.2, 0) is 12.4 Å². The lowest BCUT2D eigenvalue weighted by atomic mass is 9.87. The Kier molecular flexibility index (Phi) is 8.40. The second kappa shape index (κ2) is 12.3. The van der Waals surface area contributed by atoms with Crippen LogP contribution in [0.15, 0.2) is 83.8 Å². The molecule has 15 heteroatoms. The molecule has 258 valence electrons. The second-order valence-electron chi connectivity index (χ2n) is 12.7. The third kappa shape index (κ3) is 6.75. The maximum atomic E-state index is 13.6. The molecule has 0 unspecified atom stereocenters. The van der Waals surface area contributed by atoms with E-state index in [1.54, 1.807) is 24.3 Å². The molecule has 2 aromatic carbocycles. The number of carbonyl (C=O) groups excluding carboxylic acids is 2. The number of nitrogens with one attached hydrogen (secondary N) is 1. The molecule has 0 aliphatic rings. The van der Waals surface area contributed by atoms with Gasteiger partial charge in [-0.25, -0.2) is 9.36 Å². The van der Waals surface area contributed by atoms with Crippen molar-refractivity contribution < 1.29 is 40.3 Å². The average Bonchev–Trinajstić information content (AvgIpc) is 3.82. The summed E-state index contributed by atoms with van der Waals surface area (Å²) in [6.07, 6.45) is -6.07. The molecule has 0 aliphatic heterocycles. The topological polar surface area (TPSA) is 108 Å². The van der Waals surface area contributed by atoms with E-state index in [2.05, 4.69) is 20.5 Å². The Bertz CT molecular complexity index is 2240. The molecule has 0 saturated heterocycles. The summed E-state index contributed by atoms with van der Waals surface area (Å²) in [6, 6.07) is 14.1. The molecule has 9 nitrogen and oxygen atoms in total. The summed E-state index contributed by atoms with van der Waals surface area (Å²) in [7, 11) is 1.40. The first-order chi connectivity index (χ1) is 23.4. The number of alkyl halides is 6. The third-order valence-electron chi connectivity index (χ3n) is 7.73. The summed E-state index contributed by atoms with van der Waals surface area (Å²) in [5.41, 5.74) is -0.615. The first-order valence-corrected chi connectivity index (χ1v) is 15.1. The van der Waals surface area contributed by atoms with Crippen LogP contribution in [0.4, 0.5) is 26.3 Å². The van der Waals surface area contributed by atoms with Gasteiger partial charge >= 0.3 is 12.4 Å². The summed E-state index contributed by atoms with van der Waals surface area (Å²) < 4.78 is 88.2. The number of amides is 1. The van der Waals surface area contributed by atoms with Crippen molar-refractivity contribution in [1.29, 1.82) is 0 Å². The Hall–Kier alpha value is -5.73. The van der Waals surface area contributed by atoms with Crippen LogP contribution in [0.1, 0.15) is 59.0 Å². The molecular formula is C35H28F6N6O3. The van der Waals surface area contributed by atoms with Crippen molar-refractivity contribution in [3.05, 3.63) is 102 Å². The fourth-order valence-corrected chi connectivity index (χ4v) is 5.36. The van der Waals surface area contributed by atoms with Crippen LogP contribution in [0.2, 0.25) is 0 Å². The molecule has 0 atom stereocenters. The van der Waals surface area contributed by atoms with Crippen molar-refractivity contribution >= 4 is 22.8 Å². The molecule has 0 aliphatic carbocycles.